The Labute approximate surface area is 221 Å². The van der Waals surface area contributed by atoms with Crippen LogP contribution in [0.3, 0.4) is 0 Å². The van der Waals surface area contributed by atoms with E-state index in [1.807, 2.05) is 13.0 Å². The first-order valence-corrected chi connectivity index (χ1v) is 15.2. The van der Waals surface area contributed by atoms with Gasteiger partial charge in [-0.25, -0.2) is 26.8 Å². The summed E-state index contributed by atoms with van der Waals surface area (Å²) >= 11 is 6.11. The van der Waals surface area contributed by atoms with Gasteiger partial charge in [0, 0.05) is 18.3 Å². The predicted molar refractivity (Wildman–Crippen MR) is 141 cm³/mol. The highest BCUT2D eigenvalue weighted by atomic mass is 35.5. The highest BCUT2D eigenvalue weighted by molar-refractivity contribution is 7.90. The number of piperidine rings is 1. The van der Waals surface area contributed by atoms with Crippen molar-refractivity contribution in [2.24, 2.45) is 0 Å². The molecule has 0 radical (unpaired) electrons. The molecule has 1 atom stereocenters. The van der Waals surface area contributed by atoms with Crippen LogP contribution in [0.2, 0.25) is 5.02 Å². The van der Waals surface area contributed by atoms with Crippen molar-refractivity contribution in [3.05, 3.63) is 76.6 Å². The van der Waals surface area contributed by atoms with Crippen molar-refractivity contribution in [2.75, 3.05) is 11.9 Å². The van der Waals surface area contributed by atoms with Crippen molar-refractivity contribution < 1.29 is 21.6 Å². The first-order valence-electron chi connectivity index (χ1n) is 11.7. The van der Waals surface area contributed by atoms with Gasteiger partial charge in [0.25, 0.3) is 5.91 Å². The lowest BCUT2D eigenvalue weighted by molar-refractivity contribution is 0.102. The number of aryl methyl sites for hydroxylation is 1. The molecule has 1 fully saturated rings. The third-order valence-electron chi connectivity index (χ3n) is 6.28. The second-order valence-electron chi connectivity index (χ2n) is 8.97. The molecule has 1 unspecified atom stereocenters. The van der Waals surface area contributed by atoms with E-state index in [-0.39, 0.29) is 27.4 Å². The largest absolute Gasteiger partial charge is 0.321 e. The Kier molecular flexibility index (Phi) is 7.98. The Balaban J connectivity index is 1.52. The molecule has 196 valence electrons. The first-order chi connectivity index (χ1) is 17.5. The van der Waals surface area contributed by atoms with Crippen LogP contribution >= 0.6 is 11.6 Å². The highest BCUT2D eigenvalue weighted by Gasteiger charge is 2.31. The molecule has 4 rings (SSSR count). The molecule has 3 aromatic rings. The van der Waals surface area contributed by atoms with Crippen LogP contribution in [0.5, 0.6) is 0 Å². The van der Waals surface area contributed by atoms with Gasteiger partial charge in [0.2, 0.25) is 25.0 Å². The minimum atomic E-state index is -3.95. The van der Waals surface area contributed by atoms with Crippen LogP contribution in [0.25, 0.3) is 0 Å². The molecule has 1 saturated heterocycles. The monoisotopic (exact) mass is 562 g/mol. The summed E-state index contributed by atoms with van der Waals surface area (Å²) in [6.07, 6.45) is 3.71. The van der Waals surface area contributed by atoms with Crippen LogP contribution in [0.4, 0.5) is 5.69 Å². The van der Waals surface area contributed by atoms with Crippen molar-refractivity contribution >= 4 is 43.1 Å². The predicted octanol–water partition coefficient (Wildman–Crippen LogP) is 4.23. The molecule has 0 saturated carbocycles. The number of nitrogens with zero attached hydrogens (tertiary/aromatic N) is 3. The Morgan fingerprint density at radius 2 is 1.78 bits per heavy atom. The molecule has 1 aliphatic heterocycles. The van der Waals surface area contributed by atoms with Crippen molar-refractivity contribution in [2.45, 2.75) is 55.0 Å². The average Bonchev–Trinajstić information content (AvgIpc) is 2.86. The number of anilines is 1. The molecule has 1 amide bonds. The number of hydrogen-bond donors (Lipinski definition) is 1. The Bertz CT molecular complexity index is 1530. The molecule has 2 heterocycles. The minimum Gasteiger partial charge on any atom is -0.321 e. The van der Waals surface area contributed by atoms with E-state index in [4.69, 9.17) is 11.6 Å². The number of rotatable bonds is 7. The quantitative estimate of drug-likeness (QED) is 0.427. The van der Waals surface area contributed by atoms with E-state index in [1.54, 1.807) is 25.1 Å². The number of nitrogens with one attached hydrogen (secondary N) is 1. The molecule has 1 N–H and O–H groups in total. The second-order valence-corrected chi connectivity index (χ2v) is 13.2. The summed E-state index contributed by atoms with van der Waals surface area (Å²) in [5, 5.41) is 1.96. The third-order valence-corrected chi connectivity index (χ3v) is 10.0. The number of benzene rings is 2. The molecule has 37 heavy (non-hydrogen) atoms. The maximum Gasteiger partial charge on any atom is 0.275 e. The molecule has 0 spiro atoms. The maximum atomic E-state index is 13.0. The summed E-state index contributed by atoms with van der Waals surface area (Å²) in [5.74, 6) is -1.08. The molecule has 12 heteroatoms. The van der Waals surface area contributed by atoms with Gasteiger partial charge in [0.15, 0.2) is 5.69 Å². The van der Waals surface area contributed by atoms with Gasteiger partial charge in [0.05, 0.1) is 21.9 Å². The van der Waals surface area contributed by atoms with Gasteiger partial charge < -0.3 is 5.32 Å². The summed E-state index contributed by atoms with van der Waals surface area (Å²) in [5.41, 5.74) is 1.40. The molecule has 0 aliphatic carbocycles. The molecular formula is C25H27ClN4O5S2. The number of halogens is 1. The van der Waals surface area contributed by atoms with Crippen molar-refractivity contribution in [3.63, 3.8) is 0 Å². The van der Waals surface area contributed by atoms with Crippen LogP contribution in [0, 0.1) is 6.92 Å². The number of amides is 1. The van der Waals surface area contributed by atoms with Gasteiger partial charge >= 0.3 is 0 Å². The van der Waals surface area contributed by atoms with Crippen LogP contribution in [-0.4, -0.2) is 49.6 Å². The Morgan fingerprint density at radius 3 is 2.46 bits per heavy atom. The van der Waals surface area contributed by atoms with Gasteiger partial charge in [-0.05, 0) is 62.1 Å². The number of hydrogen-bond acceptors (Lipinski definition) is 7. The van der Waals surface area contributed by atoms with Gasteiger partial charge in [-0.2, -0.15) is 4.31 Å². The smallest absolute Gasteiger partial charge is 0.275 e. The lowest BCUT2D eigenvalue weighted by Crippen LogP contribution is -2.41. The molecule has 2 aromatic carbocycles. The third kappa shape index (κ3) is 6.01. The zero-order valence-corrected chi connectivity index (χ0v) is 22.8. The standard InChI is InChI=1S/C25H27ClN4O5S2/c1-17-7-3-4-9-19(17)16-36(32,33)25-27-15-22(26)23(29-25)24(31)28-20-10-12-21(13-11-20)37(34,35)30-14-6-5-8-18(30)2/h3-4,7,9-13,15,18H,5-6,8,14,16H2,1-2H3,(H,28,31). The fraction of sp³-hybridized carbons (Fsp3) is 0.320. The fourth-order valence-electron chi connectivity index (χ4n) is 4.17. The molecule has 0 bridgehead atoms. The topological polar surface area (TPSA) is 126 Å². The Morgan fingerprint density at radius 1 is 1.08 bits per heavy atom. The van der Waals surface area contributed by atoms with Crippen molar-refractivity contribution in [3.8, 4) is 0 Å². The summed E-state index contributed by atoms with van der Waals surface area (Å²) in [4.78, 5) is 20.8. The van der Waals surface area contributed by atoms with Gasteiger partial charge in [-0.3, -0.25) is 4.79 Å². The molecule has 1 aromatic heterocycles. The number of carbonyl (C=O) groups is 1. The number of sulfone groups is 1. The average molecular weight is 563 g/mol. The highest BCUT2D eigenvalue weighted by Crippen LogP contribution is 2.26. The summed E-state index contributed by atoms with van der Waals surface area (Å²) in [6, 6.07) is 12.7. The van der Waals surface area contributed by atoms with Crippen molar-refractivity contribution in [1.82, 2.24) is 14.3 Å². The van der Waals surface area contributed by atoms with E-state index in [0.29, 0.717) is 17.8 Å². The Hall–Kier alpha value is -2.86. The second kappa shape index (κ2) is 10.9. The number of sulfonamides is 1. The normalized spacial score (nSPS) is 16.9. The zero-order chi connectivity index (χ0) is 26.8. The molecule has 9 nitrogen and oxygen atoms in total. The summed E-state index contributed by atoms with van der Waals surface area (Å²) in [7, 11) is -7.61. The molecular weight excluding hydrogens is 536 g/mol. The SMILES string of the molecule is Cc1ccccc1CS(=O)(=O)c1ncc(Cl)c(C(=O)Nc2ccc(S(=O)(=O)N3CCCCC3C)cc2)n1. The van der Waals surface area contributed by atoms with Crippen LogP contribution in [-0.2, 0) is 25.6 Å². The van der Waals surface area contributed by atoms with Crippen LogP contribution < -0.4 is 5.32 Å². The van der Waals surface area contributed by atoms with Gasteiger partial charge in [0.1, 0.15) is 0 Å². The fourth-order valence-corrected chi connectivity index (χ4v) is 7.35. The van der Waals surface area contributed by atoms with E-state index in [2.05, 4.69) is 15.3 Å². The number of aromatic nitrogens is 2. The van der Waals surface area contributed by atoms with E-state index in [9.17, 15) is 21.6 Å². The lowest BCUT2D eigenvalue weighted by Gasteiger charge is -2.32. The van der Waals surface area contributed by atoms with Crippen molar-refractivity contribution in [1.29, 1.82) is 0 Å². The van der Waals surface area contributed by atoms with Gasteiger partial charge in [-0.15, -0.1) is 0 Å². The maximum absolute atomic E-state index is 13.0. The van der Waals surface area contributed by atoms with E-state index in [0.717, 1.165) is 31.0 Å². The number of carbonyl (C=O) groups excluding carboxylic acids is 1. The van der Waals surface area contributed by atoms with E-state index < -0.39 is 30.9 Å². The summed E-state index contributed by atoms with van der Waals surface area (Å²) in [6.45, 7) is 4.17. The van der Waals surface area contributed by atoms with E-state index >= 15 is 0 Å². The molecule has 1 aliphatic rings. The summed E-state index contributed by atoms with van der Waals surface area (Å²) < 4.78 is 53.4. The van der Waals surface area contributed by atoms with Crippen LogP contribution in [0.1, 0.15) is 47.8 Å². The van der Waals surface area contributed by atoms with E-state index in [1.165, 1.54) is 28.6 Å². The van der Waals surface area contributed by atoms with Crippen LogP contribution in [0.15, 0.2) is 64.8 Å². The zero-order valence-electron chi connectivity index (χ0n) is 20.4. The lowest BCUT2D eigenvalue weighted by atomic mass is 10.1. The van der Waals surface area contributed by atoms with Gasteiger partial charge in [-0.1, -0.05) is 42.3 Å². The first kappa shape index (κ1) is 27.2. The minimum absolute atomic E-state index is 0.0747.